The van der Waals surface area contributed by atoms with Crippen molar-refractivity contribution in [2.75, 3.05) is 53.2 Å². The Bertz CT molecular complexity index is 308. The number of carbonyl (C=O) groups is 3. The summed E-state index contributed by atoms with van der Waals surface area (Å²) >= 11 is 0. The molecule has 0 aromatic rings. The Morgan fingerprint density at radius 1 is 0.850 bits per heavy atom. The maximum Gasteiger partial charge on any atom is 0.246 e. The average Bonchev–Trinajstić information content (AvgIpc) is 2.37. The molecule has 0 rings (SSSR count). The molecule has 116 valence electrons. The average molecular weight is 290 g/mol. The summed E-state index contributed by atoms with van der Waals surface area (Å²) in [4.78, 5) is 32.7. The van der Waals surface area contributed by atoms with Gasteiger partial charge >= 0.3 is 0 Å². The molecular weight excluding hydrogens is 268 g/mol. The van der Waals surface area contributed by atoms with Gasteiger partial charge in [0.15, 0.2) is 5.78 Å². The van der Waals surface area contributed by atoms with Crippen LogP contribution >= 0.6 is 0 Å². The van der Waals surface area contributed by atoms with E-state index in [9.17, 15) is 14.4 Å². The number of nitrogens with one attached hydrogen (secondary N) is 2. The van der Waals surface area contributed by atoms with Gasteiger partial charge in [0.05, 0.1) is 13.2 Å². The van der Waals surface area contributed by atoms with Crippen LogP contribution in [-0.4, -0.2) is 70.8 Å². The molecule has 0 saturated carbocycles. The molecule has 0 unspecified atom stereocenters. The first-order chi connectivity index (χ1) is 9.56. The highest BCUT2D eigenvalue weighted by Crippen LogP contribution is 1.78. The SMILES string of the molecule is COCC(=O)NCCOCCNC(=O)COCC(C)=O. The lowest BCUT2D eigenvalue weighted by Gasteiger charge is -2.07. The molecule has 8 heteroatoms. The first-order valence-electron chi connectivity index (χ1n) is 6.23. The highest BCUT2D eigenvalue weighted by molar-refractivity contribution is 5.79. The summed E-state index contributed by atoms with van der Waals surface area (Å²) in [6.07, 6.45) is 0. The largest absolute Gasteiger partial charge is 0.378 e. The van der Waals surface area contributed by atoms with E-state index in [1.807, 2.05) is 0 Å². The van der Waals surface area contributed by atoms with Crippen LogP contribution in [0.15, 0.2) is 0 Å². The minimum Gasteiger partial charge on any atom is -0.378 e. The van der Waals surface area contributed by atoms with Crippen LogP contribution in [-0.2, 0) is 28.6 Å². The molecule has 0 aromatic heterocycles. The zero-order valence-electron chi connectivity index (χ0n) is 11.9. The number of ketones is 1. The van der Waals surface area contributed by atoms with E-state index in [-0.39, 0.29) is 37.4 Å². The third-order valence-electron chi connectivity index (χ3n) is 1.95. The van der Waals surface area contributed by atoms with Crippen molar-refractivity contribution in [1.29, 1.82) is 0 Å². The normalized spacial score (nSPS) is 10.1. The van der Waals surface area contributed by atoms with E-state index in [0.29, 0.717) is 26.3 Å². The second-order valence-corrected chi connectivity index (χ2v) is 3.94. The minimum absolute atomic E-state index is 0.0241. The number of carbonyl (C=O) groups excluding carboxylic acids is 3. The number of amides is 2. The highest BCUT2D eigenvalue weighted by atomic mass is 16.5. The second kappa shape index (κ2) is 12.5. The predicted octanol–water partition coefficient (Wildman–Crippen LogP) is -1.51. The van der Waals surface area contributed by atoms with Crippen LogP contribution in [0.4, 0.5) is 0 Å². The Hall–Kier alpha value is -1.51. The van der Waals surface area contributed by atoms with Crippen LogP contribution in [0.25, 0.3) is 0 Å². The fourth-order valence-corrected chi connectivity index (χ4v) is 1.15. The number of rotatable bonds is 12. The van der Waals surface area contributed by atoms with Crippen molar-refractivity contribution >= 4 is 17.6 Å². The number of methoxy groups -OCH3 is 1. The Labute approximate surface area is 118 Å². The molecule has 0 aliphatic heterocycles. The molecule has 0 spiro atoms. The van der Waals surface area contributed by atoms with Gasteiger partial charge in [-0.25, -0.2) is 0 Å². The van der Waals surface area contributed by atoms with Crippen molar-refractivity contribution < 1.29 is 28.6 Å². The number of hydrogen-bond acceptors (Lipinski definition) is 6. The monoisotopic (exact) mass is 290 g/mol. The van der Waals surface area contributed by atoms with Gasteiger partial charge in [-0.1, -0.05) is 0 Å². The molecule has 0 aromatic carbocycles. The lowest BCUT2D eigenvalue weighted by molar-refractivity contribution is -0.129. The standard InChI is InChI=1S/C12H22N2O6/c1-10(15)7-20-9-12(17)14-4-6-19-5-3-13-11(16)8-18-2/h3-9H2,1-2H3,(H,13,16)(H,14,17). The molecule has 0 saturated heterocycles. The van der Waals surface area contributed by atoms with Gasteiger partial charge in [0.25, 0.3) is 0 Å². The molecule has 20 heavy (non-hydrogen) atoms. The zero-order valence-corrected chi connectivity index (χ0v) is 11.9. The maximum atomic E-state index is 11.2. The van der Waals surface area contributed by atoms with E-state index < -0.39 is 0 Å². The predicted molar refractivity (Wildman–Crippen MR) is 70.2 cm³/mol. The lowest BCUT2D eigenvalue weighted by atomic mass is 10.5. The van der Waals surface area contributed by atoms with E-state index in [1.165, 1.54) is 14.0 Å². The van der Waals surface area contributed by atoms with Gasteiger partial charge in [0.2, 0.25) is 11.8 Å². The molecule has 0 fully saturated rings. The van der Waals surface area contributed by atoms with E-state index in [4.69, 9.17) is 9.47 Å². The topological polar surface area (TPSA) is 103 Å². The number of hydrogen-bond donors (Lipinski definition) is 2. The van der Waals surface area contributed by atoms with Gasteiger partial charge in [-0.2, -0.15) is 0 Å². The van der Waals surface area contributed by atoms with Crippen molar-refractivity contribution in [2.45, 2.75) is 6.92 Å². The minimum atomic E-state index is -0.303. The first-order valence-corrected chi connectivity index (χ1v) is 6.23. The molecule has 0 atom stereocenters. The molecule has 2 amide bonds. The van der Waals surface area contributed by atoms with Crippen LogP contribution in [0.5, 0.6) is 0 Å². The summed E-state index contributed by atoms with van der Waals surface area (Å²) in [6, 6.07) is 0. The molecular formula is C12H22N2O6. The van der Waals surface area contributed by atoms with Crippen molar-refractivity contribution in [1.82, 2.24) is 10.6 Å². The van der Waals surface area contributed by atoms with Crippen LogP contribution in [0.3, 0.4) is 0 Å². The maximum absolute atomic E-state index is 11.2. The quantitative estimate of drug-likeness (QED) is 0.423. The van der Waals surface area contributed by atoms with Gasteiger partial charge in [-0.15, -0.1) is 0 Å². The smallest absolute Gasteiger partial charge is 0.246 e. The van der Waals surface area contributed by atoms with Crippen LogP contribution in [0.2, 0.25) is 0 Å². The van der Waals surface area contributed by atoms with Crippen molar-refractivity contribution in [3.63, 3.8) is 0 Å². The van der Waals surface area contributed by atoms with E-state index in [2.05, 4.69) is 15.4 Å². The molecule has 8 nitrogen and oxygen atoms in total. The van der Waals surface area contributed by atoms with Crippen molar-refractivity contribution in [3.8, 4) is 0 Å². The number of ether oxygens (including phenoxy) is 3. The van der Waals surface area contributed by atoms with Crippen LogP contribution in [0, 0.1) is 0 Å². The van der Waals surface area contributed by atoms with Crippen molar-refractivity contribution in [3.05, 3.63) is 0 Å². The van der Waals surface area contributed by atoms with Crippen LogP contribution < -0.4 is 10.6 Å². The van der Waals surface area contributed by atoms with Gasteiger partial charge < -0.3 is 24.8 Å². The lowest BCUT2D eigenvalue weighted by Crippen LogP contribution is -2.33. The van der Waals surface area contributed by atoms with Gasteiger partial charge in [-0.3, -0.25) is 14.4 Å². The third kappa shape index (κ3) is 12.9. The zero-order chi connectivity index (χ0) is 15.2. The first kappa shape index (κ1) is 18.5. The van der Waals surface area contributed by atoms with Gasteiger partial charge in [0.1, 0.15) is 19.8 Å². The molecule has 0 aliphatic rings. The Kier molecular flexibility index (Phi) is 11.6. The second-order valence-electron chi connectivity index (χ2n) is 3.94. The fourth-order valence-electron chi connectivity index (χ4n) is 1.15. The van der Waals surface area contributed by atoms with Gasteiger partial charge in [-0.05, 0) is 6.92 Å². The Morgan fingerprint density at radius 2 is 1.40 bits per heavy atom. The number of Topliss-reactive ketones (excluding diaryl/α,β-unsaturated/α-hetero) is 1. The highest BCUT2D eigenvalue weighted by Gasteiger charge is 2.02. The summed E-state index contributed by atoms with van der Waals surface area (Å²) in [5.41, 5.74) is 0. The van der Waals surface area contributed by atoms with E-state index in [0.717, 1.165) is 0 Å². The van der Waals surface area contributed by atoms with E-state index >= 15 is 0 Å². The molecule has 2 N–H and O–H groups in total. The third-order valence-corrected chi connectivity index (χ3v) is 1.95. The van der Waals surface area contributed by atoms with Gasteiger partial charge in [0, 0.05) is 20.2 Å². The molecule has 0 heterocycles. The summed E-state index contributed by atoms with van der Waals surface area (Å²) in [5, 5.41) is 5.16. The summed E-state index contributed by atoms with van der Waals surface area (Å²) in [7, 11) is 1.44. The molecule has 0 bridgehead atoms. The summed E-state index contributed by atoms with van der Waals surface area (Å²) in [6.45, 7) is 2.61. The summed E-state index contributed by atoms with van der Waals surface area (Å²) in [5.74, 6) is -0.632. The fraction of sp³-hybridized carbons (Fsp3) is 0.750. The molecule has 0 aliphatic carbocycles. The van der Waals surface area contributed by atoms with E-state index in [1.54, 1.807) is 0 Å². The summed E-state index contributed by atoms with van der Waals surface area (Å²) < 4.78 is 14.7. The molecule has 0 radical (unpaired) electrons. The van der Waals surface area contributed by atoms with Crippen LogP contribution in [0.1, 0.15) is 6.92 Å². The van der Waals surface area contributed by atoms with Crippen molar-refractivity contribution in [2.24, 2.45) is 0 Å². The Balaban J connectivity index is 3.29. The Morgan fingerprint density at radius 3 is 1.90 bits per heavy atom.